The molecule has 1 heterocycles. The van der Waals surface area contributed by atoms with Crippen LogP contribution < -0.4 is 5.73 Å². The summed E-state index contributed by atoms with van der Waals surface area (Å²) in [4.78, 5) is 24.8. The monoisotopic (exact) mass is 363 g/mol. The molecule has 0 spiro atoms. The molecule has 0 aliphatic carbocycles. The number of benzene rings is 1. The molecule has 0 atom stereocenters. The van der Waals surface area contributed by atoms with Crippen LogP contribution >= 0.6 is 17.0 Å². The molecule has 5 nitrogen and oxygen atoms in total. The maximum absolute atomic E-state index is 11.8. The summed E-state index contributed by atoms with van der Waals surface area (Å²) in [7, 11) is 0. The Hall–Kier alpha value is -1.17. The van der Waals surface area contributed by atoms with E-state index >= 15 is 0 Å². The van der Waals surface area contributed by atoms with E-state index in [0.29, 0.717) is 11.1 Å². The summed E-state index contributed by atoms with van der Waals surface area (Å²) in [5.74, 6) is -0.576. The van der Waals surface area contributed by atoms with Gasteiger partial charge < -0.3 is 0 Å². The third-order valence-corrected chi connectivity index (χ3v) is 3.69. The van der Waals surface area contributed by atoms with Gasteiger partial charge in [0.25, 0.3) is 0 Å². The van der Waals surface area contributed by atoms with Gasteiger partial charge >= 0.3 is 98.0 Å². The zero-order valence-electron chi connectivity index (χ0n) is 8.67. The molecule has 1 aromatic rings. The van der Waals surface area contributed by atoms with Gasteiger partial charge in [-0.2, -0.15) is 0 Å². The van der Waals surface area contributed by atoms with Crippen molar-refractivity contribution in [3.05, 3.63) is 35.4 Å². The minimum atomic E-state index is -0.340. The van der Waals surface area contributed by atoms with Gasteiger partial charge in [-0.1, -0.05) is 0 Å². The number of amides is 2. The molecule has 2 rings (SSSR count). The van der Waals surface area contributed by atoms with Crippen molar-refractivity contribution in [1.29, 1.82) is 5.41 Å². The summed E-state index contributed by atoms with van der Waals surface area (Å²) in [6.07, 6.45) is 0. The number of carbonyl (C=O) groups excluding carboxylic acids is 2. The van der Waals surface area contributed by atoms with Crippen molar-refractivity contribution in [3.63, 3.8) is 0 Å². The Balaban J connectivity index is 0.00000144. The number of amidine groups is 1. The van der Waals surface area contributed by atoms with Gasteiger partial charge in [-0.15, -0.1) is 17.0 Å². The Morgan fingerprint density at radius 1 is 1.24 bits per heavy atom. The third-order valence-electron chi connectivity index (χ3n) is 2.23. The Kier molecular flexibility index (Phi) is 4.45. The molecule has 0 bridgehead atoms. The second-order valence-electron chi connectivity index (χ2n) is 3.22. The molecule has 1 aliphatic heterocycles. The van der Waals surface area contributed by atoms with Gasteiger partial charge in [0.2, 0.25) is 0 Å². The van der Waals surface area contributed by atoms with Crippen molar-refractivity contribution < 1.29 is 9.59 Å². The number of carbonyl (C=O) groups is 2. The number of fused-ring (bicyclic) bond motifs is 1. The molecule has 0 unspecified atom stereocenters. The van der Waals surface area contributed by atoms with E-state index in [-0.39, 0.29) is 53.9 Å². The van der Waals surface area contributed by atoms with E-state index in [0.717, 1.165) is 4.90 Å². The number of halogens is 1. The van der Waals surface area contributed by atoms with Crippen LogP contribution in [0.5, 0.6) is 0 Å². The third kappa shape index (κ3) is 2.57. The summed E-state index contributed by atoms with van der Waals surface area (Å²) in [5, 5.41) is 7.11. The molecule has 1 aromatic carbocycles. The number of nitrogens with zero attached hydrogens (tertiary/aromatic N) is 1. The van der Waals surface area contributed by atoms with Crippen molar-refractivity contribution in [3.8, 4) is 0 Å². The van der Waals surface area contributed by atoms with Crippen LogP contribution in [0.3, 0.4) is 0 Å². The first-order valence-electron chi connectivity index (χ1n) is 4.53. The molecule has 0 saturated carbocycles. The predicted octanol–water partition coefficient (Wildman–Crippen LogP) is 0.416. The molecule has 3 N–H and O–H groups in total. The number of imide groups is 1. The molecule has 0 radical (unpaired) electrons. The summed E-state index contributed by atoms with van der Waals surface area (Å²) < 4.78 is 0.0315. The van der Waals surface area contributed by atoms with Gasteiger partial charge in [0.1, 0.15) is 0 Å². The van der Waals surface area contributed by atoms with Gasteiger partial charge in [-0.3, -0.25) is 0 Å². The molecule has 7 heteroatoms. The van der Waals surface area contributed by atoms with Gasteiger partial charge in [0.05, 0.1) is 0 Å². The maximum atomic E-state index is 11.8. The molecule has 1 aliphatic rings. The molecule has 0 aromatic heterocycles. The minimum absolute atomic E-state index is 0. The second kappa shape index (κ2) is 5.44. The van der Waals surface area contributed by atoms with E-state index < -0.39 is 0 Å². The first-order valence-corrected chi connectivity index (χ1v) is 6.60. The number of hydrogen-bond donors (Lipinski definition) is 2. The van der Waals surface area contributed by atoms with E-state index in [1.165, 1.54) is 0 Å². The molecule has 17 heavy (non-hydrogen) atoms. The quantitative estimate of drug-likeness (QED) is 0.353. The fourth-order valence-electron chi connectivity index (χ4n) is 1.49. The van der Waals surface area contributed by atoms with Crippen LogP contribution in [0.15, 0.2) is 24.3 Å². The van der Waals surface area contributed by atoms with Gasteiger partial charge in [-0.25, -0.2) is 0 Å². The van der Waals surface area contributed by atoms with Gasteiger partial charge in [0, 0.05) is 0 Å². The van der Waals surface area contributed by atoms with Crippen LogP contribution in [0.4, 0.5) is 0 Å². The second-order valence-corrected chi connectivity index (χ2v) is 5.29. The van der Waals surface area contributed by atoms with Crippen molar-refractivity contribution in [1.82, 2.24) is 4.90 Å². The fraction of sp³-hybridized carbons (Fsp3) is 0.100. The van der Waals surface area contributed by atoms with Crippen LogP contribution in [-0.2, 0) is 0 Å². The number of nitrogens with two attached hydrogens (primary N) is 1. The Bertz CT molecular complexity index is 457. The number of hydrogen-bond acceptors (Lipinski definition) is 3. The summed E-state index contributed by atoms with van der Waals surface area (Å²) in [6, 6.07) is 6.72. The van der Waals surface area contributed by atoms with Crippen LogP contribution in [0.25, 0.3) is 0 Å². The van der Waals surface area contributed by atoms with E-state index in [2.05, 4.69) is 0 Å². The Morgan fingerprint density at radius 2 is 1.71 bits per heavy atom. The van der Waals surface area contributed by atoms with Gasteiger partial charge in [-0.05, 0) is 0 Å². The molecule has 0 saturated heterocycles. The summed E-state index contributed by atoms with van der Waals surface area (Å²) in [5.41, 5.74) is 6.33. The van der Waals surface area contributed by atoms with Crippen molar-refractivity contribution in [2.45, 2.75) is 0 Å². The van der Waals surface area contributed by atoms with Crippen LogP contribution in [0.2, 0.25) is 0 Å². The Morgan fingerprint density at radius 3 is 2.12 bits per heavy atom. The topological polar surface area (TPSA) is 87.2 Å². The average Bonchev–Trinajstić information content (AvgIpc) is 2.50. The van der Waals surface area contributed by atoms with E-state index in [4.69, 9.17) is 11.1 Å². The van der Waals surface area contributed by atoms with Crippen molar-refractivity contribution in [2.24, 2.45) is 5.73 Å². The standard InChI is InChI=1S/C10H9N3O2Se.BrH/c11-10(12)16-5-13-8(14)6-3-1-2-4-7(6)9(13)15;/h1-4H,5H2,(H3,11,12);1H. The zero-order chi connectivity index (χ0) is 11.7. The van der Waals surface area contributed by atoms with E-state index in [9.17, 15) is 9.59 Å². The molecule has 90 valence electrons. The molecular formula is C10H10BrN3O2Se. The van der Waals surface area contributed by atoms with E-state index in [1.54, 1.807) is 24.3 Å². The van der Waals surface area contributed by atoms with Crippen LogP contribution in [-0.4, -0.2) is 41.8 Å². The van der Waals surface area contributed by atoms with Crippen LogP contribution in [0, 0.1) is 5.41 Å². The fourth-order valence-corrected chi connectivity index (χ4v) is 2.55. The summed E-state index contributed by atoms with van der Waals surface area (Å²) >= 11 is -0.340. The molecule has 0 fully saturated rings. The predicted molar refractivity (Wildman–Crippen MR) is 69.8 cm³/mol. The summed E-state index contributed by atoms with van der Waals surface area (Å²) in [6.45, 7) is 0. The van der Waals surface area contributed by atoms with Crippen molar-refractivity contribution >= 4 is 48.5 Å². The molecule has 2 amide bonds. The average molecular weight is 363 g/mol. The SMILES string of the molecule is Br.N=C(N)[Se]CN1C(=O)c2ccccc2C1=O. The first-order chi connectivity index (χ1) is 7.61. The first kappa shape index (κ1) is 13.9. The van der Waals surface area contributed by atoms with Crippen molar-refractivity contribution in [2.75, 3.05) is 5.44 Å². The van der Waals surface area contributed by atoms with E-state index in [1.807, 2.05) is 0 Å². The van der Waals surface area contributed by atoms with Crippen LogP contribution in [0.1, 0.15) is 20.7 Å². The number of nitrogens with one attached hydrogen (secondary N) is 1. The van der Waals surface area contributed by atoms with Gasteiger partial charge in [0.15, 0.2) is 0 Å². The normalized spacial score (nSPS) is 13.3. The number of rotatable bonds is 3. The Labute approximate surface area is 115 Å². The molecular weight excluding hydrogens is 353 g/mol. The zero-order valence-corrected chi connectivity index (χ0v) is 12.1.